The monoisotopic (exact) mass is 460 g/mol. The van der Waals surface area contributed by atoms with Crippen molar-refractivity contribution < 1.29 is 33.3 Å². The molecule has 1 amide bonds. The van der Waals surface area contributed by atoms with E-state index in [1.54, 1.807) is 11.0 Å². The van der Waals surface area contributed by atoms with Gasteiger partial charge in [0.1, 0.15) is 29.3 Å². The van der Waals surface area contributed by atoms with Crippen molar-refractivity contribution in [3.63, 3.8) is 0 Å². The Labute approximate surface area is 192 Å². The second kappa shape index (κ2) is 10.1. The first-order valence-corrected chi connectivity index (χ1v) is 10.7. The summed E-state index contributed by atoms with van der Waals surface area (Å²) in [6, 6.07) is 7.64. The molecule has 0 aliphatic carbocycles. The first kappa shape index (κ1) is 24.3. The Morgan fingerprint density at radius 3 is 2.52 bits per heavy atom. The maximum Gasteiger partial charge on any atom is 0.410 e. The summed E-state index contributed by atoms with van der Waals surface area (Å²) in [5.74, 6) is -1.41. The molecule has 1 aromatic heterocycles. The fourth-order valence-corrected chi connectivity index (χ4v) is 3.62. The van der Waals surface area contributed by atoms with Gasteiger partial charge < -0.3 is 24.2 Å². The number of carboxylic acid groups (broad SMARTS) is 1. The van der Waals surface area contributed by atoms with Crippen molar-refractivity contribution >= 4 is 12.1 Å². The third kappa shape index (κ3) is 6.34. The molecule has 0 radical (unpaired) electrons. The predicted molar refractivity (Wildman–Crippen MR) is 118 cm³/mol. The predicted octanol–water partition coefficient (Wildman–Crippen LogP) is 4.62. The Morgan fingerprint density at radius 1 is 1.21 bits per heavy atom. The number of aromatic carboxylic acids is 1. The van der Waals surface area contributed by atoms with E-state index in [1.807, 2.05) is 32.9 Å². The molecule has 0 atom stereocenters. The zero-order valence-corrected chi connectivity index (χ0v) is 19.3. The van der Waals surface area contributed by atoms with Gasteiger partial charge in [-0.15, -0.1) is 0 Å². The maximum atomic E-state index is 14.3. The van der Waals surface area contributed by atoms with E-state index in [-0.39, 0.29) is 35.5 Å². The number of likely N-dealkylation sites (tertiary alicyclic amines) is 1. The number of carbonyl (C=O) groups is 2. The van der Waals surface area contributed by atoms with Crippen LogP contribution >= 0.6 is 0 Å². The third-order valence-corrected chi connectivity index (χ3v) is 5.28. The molecule has 33 heavy (non-hydrogen) atoms. The van der Waals surface area contributed by atoms with E-state index in [4.69, 9.17) is 19.3 Å². The van der Waals surface area contributed by atoms with E-state index >= 15 is 0 Å². The number of carbonyl (C=O) groups excluding carboxylic acids is 1. The van der Waals surface area contributed by atoms with Crippen LogP contribution in [0.25, 0.3) is 0 Å². The Balaban J connectivity index is 1.62. The van der Waals surface area contributed by atoms with Gasteiger partial charge in [-0.2, -0.15) is 0 Å². The van der Waals surface area contributed by atoms with E-state index in [0.29, 0.717) is 19.0 Å². The number of hydrogen-bond acceptors (Lipinski definition) is 6. The summed E-state index contributed by atoms with van der Waals surface area (Å²) < 4.78 is 30.5. The lowest BCUT2D eigenvalue weighted by Gasteiger charge is -2.33. The second-order valence-electron chi connectivity index (χ2n) is 8.88. The standard InChI is InChI=1S/C24H29FN2O6/c1-24(2,3)33-23(30)27-10-8-15(9-11-27)19-6-5-7-21(26-19)32-14-16-12-20(31-4)17(22(28)29)13-18(16)25/h5-7,12-13,15H,8-11,14H2,1-4H3,(H,28,29). The molecule has 0 saturated carbocycles. The average Bonchev–Trinajstić information content (AvgIpc) is 2.77. The topological polar surface area (TPSA) is 98.2 Å². The largest absolute Gasteiger partial charge is 0.496 e. The van der Waals surface area contributed by atoms with Crippen LogP contribution in [0.4, 0.5) is 9.18 Å². The molecular formula is C24H29FN2O6. The average molecular weight is 461 g/mol. The zero-order valence-electron chi connectivity index (χ0n) is 19.3. The Hall–Kier alpha value is -3.36. The number of benzene rings is 1. The summed E-state index contributed by atoms with van der Waals surface area (Å²) in [6.45, 7) is 6.55. The molecule has 2 heterocycles. The highest BCUT2D eigenvalue weighted by Gasteiger charge is 2.28. The van der Waals surface area contributed by atoms with Crippen molar-refractivity contribution in [3.05, 3.63) is 53.0 Å². The maximum absolute atomic E-state index is 14.3. The van der Waals surface area contributed by atoms with Gasteiger partial charge in [-0.3, -0.25) is 0 Å². The van der Waals surface area contributed by atoms with Gasteiger partial charge in [0.05, 0.1) is 7.11 Å². The van der Waals surface area contributed by atoms with Gasteiger partial charge in [-0.1, -0.05) is 6.07 Å². The summed E-state index contributed by atoms with van der Waals surface area (Å²) >= 11 is 0. The van der Waals surface area contributed by atoms with Gasteiger partial charge in [-0.25, -0.2) is 19.0 Å². The number of hydrogen-bond donors (Lipinski definition) is 1. The van der Waals surface area contributed by atoms with Crippen LogP contribution in [-0.4, -0.2) is 52.9 Å². The molecule has 1 saturated heterocycles. The van der Waals surface area contributed by atoms with E-state index in [1.165, 1.54) is 13.2 Å². The van der Waals surface area contributed by atoms with Crippen molar-refractivity contribution in [2.45, 2.75) is 51.7 Å². The molecule has 9 heteroatoms. The number of nitrogens with zero attached hydrogens (tertiary/aromatic N) is 2. The van der Waals surface area contributed by atoms with Gasteiger partial charge in [-0.05, 0) is 51.8 Å². The molecule has 1 aliphatic heterocycles. The summed E-state index contributed by atoms with van der Waals surface area (Å²) in [6.07, 6.45) is 1.19. The molecule has 1 N–H and O–H groups in total. The van der Waals surface area contributed by atoms with Crippen molar-refractivity contribution in [2.24, 2.45) is 0 Å². The molecule has 2 aromatic rings. The van der Waals surface area contributed by atoms with Gasteiger partial charge in [0.25, 0.3) is 0 Å². The molecule has 0 spiro atoms. The summed E-state index contributed by atoms with van der Waals surface area (Å²) in [5, 5.41) is 9.15. The lowest BCUT2D eigenvalue weighted by molar-refractivity contribution is 0.0203. The van der Waals surface area contributed by atoms with Crippen LogP contribution in [0.1, 0.15) is 61.1 Å². The normalized spacial score (nSPS) is 14.6. The molecule has 0 unspecified atom stereocenters. The zero-order chi connectivity index (χ0) is 24.2. The number of piperidine rings is 1. The quantitative estimate of drug-likeness (QED) is 0.672. The number of methoxy groups -OCH3 is 1. The van der Waals surface area contributed by atoms with E-state index in [9.17, 15) is 14.0 Å². The number of carboxylic acids is 1. The van der Waals surface area contributed by atoms with Gasteiger partial charge >= 0.3 is 12.1 Å². The number of rotatable bonds is 6. The molecule has 0 bridgehead atoms. The highest BCUT2D eigenvalue weighted by atomic mass is 19.1. The Bertz CT molecular complexity index is 1010. The summed E-state index contributed by atoms with van der Waals surface area (Å²) in [4.78, 5) is 29.7. The van der Waals surface area contributed by atoms with Crippen molar-refractivity contribution in [1.82, 2.24) is 9.88 Å². The van der Waals surface area contributed by atoms with E-state index < -0.39 is 17.4 Å². The summed E-state index contributed by atoms with van der Waals surface area (Å²) in [7, 11) is 1.32. The minimum Gasteiger partial charge on any atom is -0.496 e. The highest BCUT2D eigenvalue weighted by Crippen LogP contribution is 2.29. The molecule has 3 rings (SSSR count). The highest BCUT2D eigenvalue weighted by molar-refractivity contribution is 5.91. The lowest BCUT2D eigenvalue weighted by atomic mass is 9.93. The second-order valence-corrected chi connectivity index (χ2v) is 8.88. The number of amides is 1. The fourth-order valence-electron chi connectivity index (χ4n) is 3.62. The van der Waals surface area contributed by atoms with Gasteiger partial charge in [0.2, 0.25) is 5.88 Å². The first-order valence-electron chi connectivity index (χ1n) is 10.7. The smallest absolute Gasteiger partial charge is 0.410 e. The third-order valence-electron chi connectivity index (χ3n) is 5.28. The fraction of sp³-hybridized carbons (Fsp3) is 0.458. The number of pyridine rings is 1. The number of halogens is 1. The molecular weight excluding hydrogens is 431 g/mol. The van der Waals surface area contributed by atoms with Gasteiger partial charge in [0, 0.05) is 36.3 Å². The Kier molecular flexibility index (Phi) is 7.40. The minimum absolute atomic E-state index is 0.0564. The van der Waals surface area contributed by atoms with Crippen LogP contribution in [-0.2, 0) is 11.3 Å². The van der Waals surface area contributed by atoms with Crippen LogP contribution in [0.3, 0.4) is 0 Å². The van der Waals surface area contributed by atoms with E-state index in [2.05, 4.69) is 4.98 Å². The lowest BCUT2D eigenvalue weighted by Crippen LogP contribution is -2.41. The van der Waals surface area contributed by atoms with Crippen LogP contribution in [0, 0.1) is 5.82 Å². The molecule has 1 aromatic carbocycles. The minimum atomic E-state index is -1.27. The van der Waals surface area contributed by atoms with Crippen LogP contribution in [0.2, 0.25) is 0 Å². The number of ether oxygens (including phenoxy) is 3. The molecule has 1 fully saturated rings. The van der Waals surface area contributed by atoms with Crippen LogP contribution < -0.4 is 9.47 Å². The molecule has 178 valence electrons. The van der Waals surface area contributed by atoms with Gasteiger partial charge in [0.15, 0.2) is 0 Å². The molecule has 1 aliphatic rings. The number of aromatic nitrogens is 1. The van der Waals surface area contributed by atoms with Crippen molar-refractivity contribution in [1.29, 1.82) is 0 Å². The summed E-state index contributed by atoms with van der Waals surface area (Å²) in [5.41, 5.74) is 0.223. The molecule has 8 nitrogen and oxygen atoms in total. The SMILES string of the molecule is COc1cc(COc2cccc(C3CCN(C(=O)OC(C)(C)C)CC3)n2)c(F)cc1C(=O)O. The first-order chi connectivity index (χ1) is 15.6. The van der Waals surface area contributed by atoms with Crippen molar-refractivity contribution in [2.75, 3.05) is 20.2 Å². The van der Waals surface area contributed by atoms with Crippen LogP contribution in [0.5, 0.6) is 11.6 Å². The van der Waals surface area contributed by atoms with Crippen molar-refractivity contribution in [3.8, 4) is 11.6 Å². The van der Waals surface area contributed by atoms with E-state index in [0.717, 1.165) is 24.6 Å². The van der Waals surface area contributed by atoms with Crippen LogP contribution in [0.15, 0.2) is 30.3 Å². The Morgan fingerprint density at radius 2 is 1.91 bits per heavy atom.